The molecule has 1 atom stereocenters. The van der Waals surface area contributed by atoms with Gasteiger partial charge in [0.25, 0.3) is 0 Å². The Morgan fingerprint density at radius 1 is 1.05 bits per heavy atom. The van der Waals surface area contributed by atoms with Crippen LogP contribution in [0.15, 0.2) is 24.3 Å². The van der Waals surface area contributed by atoms with Crippen molar-refractivity contribution in [2.75, 3.05) is 24.5 Å². The molecule has 1 aromatic carbocycles. The molecule has 21 heavy (non-hydrogen) atoms. The van der Waals surface area contributed by atoms with Crippen molar-refractivity contribution in [3.05, 3.63) is 29.3 Å². The van der Waals surface area contributed by atoms with Gasteiger partial charge < -0.3 is 9.80 Å². The summed E-state index contributed by atoms with van der Waals surface area (Å²) in [6.45, 7) is 2.19. The summed E-state index contributed by atoms with van der Waals surface area (Å²) in [7, 11) is 0. The second-order valence-electron chi connectivity index (χ2n) is 5.69. The van der Waals surface area contributed by atoms with Crippen LogP contribution in [0, 0.1) is 5.92 Å². The van der Waals surface area contributed by atoms with Crippen molar-refractivity contribution in [2.45, 2.75) is 25.7 Å². The summed E-state index contributed by atoms with van der Waals surface area (Å²) < 4.78 is 0. The van der Waals surface area contributed by atoms with Crippen LogP contribution in [0.4, 0.5) is 5.69 Å². The van der Waals surface area contributed by atoms with Crippen molar-refractivity contribution in [2.24, 2.45) is 5.92 Å². The van der Waals surface area contributed by atoms with Crippen LogP contribution >= 0.6 is 11.6 Å². The number of piperidine rings is 1. The number of hydrogen-bond acceptors (Lipinski definition) is 2. The predicted molar refractivity (Wildman–Crippen MR) is 82.3 cm³/mol. The minimum absolute atomic E-state index is 0.0103. The maximum atomic E-state index is 12.5. The first-order valence-electron chi connectivity index (χ1n) is 7.52. The van der Waals surface area contributed by atoms with E-state index in [-0.39, 0.29) is 11.8 Å². The Bertz CT molecular complexity index is 538. The monoisotopic (exact) mass is 306 g/mol. The van der Waals surface area contributed by atoms with Gasteiger partial charge in [-0.15, -0.1) is 0 Å². The highest BCUT2D eigenvalue weighted by atomic mass is 35.5. The summed E-state index contributed by atoms with van der Waals surface area (Å²) in [5, 5.41) is 0.645. The lowest BCUT2D eigenvalue weighted by atomic mass is 10.0. The average molecular weight is 307 g/mol. The molecule has 1 aromatic rings. The smallest absolute Gasteiger partial charge is 0.239 e. The van der Waals surface area contributed by atoms with E-state index >= 15 is 0 Å². The number of nitrogens with zero attached hydrogens (tertiary/aromatic N) is 2. The number of benzene rings is 1. The first kappa shape index (κ1) is 14.4. The number of likely N-dealkylation sites (tertiary alicyclic amines) is 1. The van der Waals surface area contributed by atoms with E-state index in [0.29, 0.717) is 18.0 Å². The molecule has 2 fully saturated rings. The molecule has 3 rings (SSSR count). The molecule has 5 heteroatoms. The molecular formula is C16H19ClN2O2. The lowest BCUT2D eigenvalue weighted by Crippen LogP contribution is -2.42. The Morgan fingerprint density at radius 3 is 2.38 bits per heavy atom. The zero-order valence-corrected chi connectivity index (χ0v) is 12.7. The zero-order valence-electron chi connectivity index (χ0n) is 11.9. The van der Waals surface area contributed by atoms with Gasteiger partial charge in [0.15, 0.2) is 0 Å². The van der Waals surface area contributed by atoms with Crippen LogP contribution in [0.2, 0.25) is 5.02 Å². The molecule has 4 nitrogen and oxygen atoms in total. The lowest BCUT2D eigenvalue weighted by molar-refractivity contribution is -0.140. The number of rotatable bonds is 2. The van der Waals surface area contributed by atoms with Gasteiger partial charge in [-0.3, -0.25) is 9.59 Å². The fourth-order valence-electron chi connectivity index (χ4n) is 3.12. The summed E-state index contributed by atoms with van der Waals surface area (Å²) in [5.74, 6) is -0.567. The van der Waals surface area contributed by atoms with Crippen LogP contribution in [-0.2, 0) is 9.59 Å². The van der Waals surface area contributed by atoms with Crippen molar-refractivity contribution < 1.29 is 9.59 Å². The molecule has 2 amide bonds. The Labute approximate surface area is 129 Å². The molecule has 2 aliphatic heterocycles. The molecule has 0 aromatic heterocycles. The Morgan fingerprint density at radius 2 is 1.71 bits per heavy atom. The van der Waals surface area contributed by atoms with E-state index in [4.69, 9.17) is 11.6 Å². The molecule has 0 aliphatic carbocycles. The minimum Gasteiger partial charge on any atom is -0.342 e. The van der Waals surface area contributed by atoms with E-state index in [9.17, 15) is 9.59 Å². The number of carbonyl (C=O) groups excluding carboxylic acids is 2. The maximum absolute atomic E-state index is 12.5. The van der Waals surface area contributed by atoms with Crippen LogP contribution in [0.1, 0.15) is 25.7 Å². The van der Waals surface area contributed by atoms with E-state index in [1.807, 2.05) is 17.0 Å². The molecule has 112 valence electrons. The van der Waals surface area contributed by atoms with Crippen LogP contribution in [-0.4, -0.2) is 36.3 Å². The molecule has 0 saturated carbocycles. The van der Waals surface area contributed by atoms with Gasteiger partial charge in [-0.1, -0.05) is 11.6 Å². The van der Waals surface area contributed by atoms with Crippen LogP contribution in [0.5, 0.6) is 0 Å². The largest absolute Gasteiger partial charge is 0.342 e. The summed E-state index contributed by atoms with van der Waals surface area (Å²) in [4.78, 5) is 28.6. The van der Waals surface area contributed by atoms with Gasteiger partial charge in [0.2, 0.25) is 11.8 Å². The van der Waals surface area contributed by atoms with Crippen LogP contribution in [0.3, 0.4) is 0 Å². The maximum Gasteiger partial charge on any atom is 0.239 e. The second kappa shape index (κ2) is 6.06. The second-order valence-corrected chi connectivity index (χ2v) is 6.13. The fourth-order valence-corrected chi connectivity index (χ4v) is 3.25. The number of halogens is 1. The van der Waals surface area contributed by atoms with Gasteiger partial charge in [-0.05, 0) is 49.9 Å². The third-order valence-electron chi connectivity index (χ3n) is 4.31. The summed E-state index contributed by atoms with van der Waals surface area (Å²) >= 11 is 5.87. The standard InChI is InChI=1S/C16H19ClN2O2/c17-12-4-6-13(7-5-12)19-11-8-14(16(19)21)15(20)18-9-2-1-3-10-18/h4-7,14H,1-3,8-11H2/t14-/m0/s1. The van der Waals surface area contributed by atoms with E-state index < -0.39 is 5.92 Å². The van der Waals surface area contributed by atoms with Gasteiger partial charge in [-0.25, -0.2) is 0 Å². The van der Waals surface area contributed by atoms with E-state index in [2.05, 4.69) is 0 Å². The minimum atomic E-state index is -0.501. The third-order valence-corrected chi connectivity index (χ3v) is 4.56. The molecule has 0 spiro atoms. The average Bonchev–Trinajstić information content (AvgIpc) is 2.90. The highest BCUT2D eigenvalue weighted by molar-refractivity contribution is 6.30. The van der Waals surface area contributed by atoms with Crippen molar-refractivity contribution in [3.8, 4) is 0 Å². The van der Waals surface area contributed by atoms with Crippen LogP contribution in [0.25, 0.3) is 0 Å². The van der Waals surface area contributed by atoms with Crippen molar-refractivity contribution in [1.82, 2.24) is 4.90 Å². The molecule has 0 N–H and O–H groups in total. The topological polar surface area (TPSA) is 40.6 Å². The summed E-state index contributed by atoms with van der Waals surface area (Å²) in [5.41, 5.74) is 0.818. The predicted octanol–water partition coefficient (Wildman–Crippen LogP) is 2.71. The molecule has 2 heterocycles. The highest BCUT2D eigenvalue weighted by Crippen LogP contribution is 2.28. The van der Waals surface area contributed by atoms with Gasteiger partial charge in [0.05, 0.1) is 0 Å². The Balaban J connectivity index is 1.71. The zero-order chi connectivity index (χ0) is 14.8. The van der Waals surface area contributed by atoms with Crippen molar-refractivity contribution in [1.29, 1.82) is 0 Å². The molecular weight excluding hydrogens is 288 g/mol. The summed E-state index contributed by atoms with van der Waals surface area (Å²) in [6.07, 6.45) is 3.89. The molecule has 0 radical (unpaired) electrons. The fraction of sp³-hybridized carbons (Fsp3) is 0.500. The van der Waals surface area contributed by atoms with Gasteiger partial charge >= 0.3 is 0 Å². The molecule has 2 aliphatic rings. The number of hydrogen-bond donors (Lipinski definition) is 0. The number of carbonyl (C=O) groups is 2. The normalized spacial score (nSPS) is 22.7. The molecule has 0 unspecified atom stereocenters. The van der Waals surface area contributed by atoms with E-state index in [1.54, 1.807) is 17.0 Å². The third kappa shape index (κ3) is 2.91. The van der Waals surface area contributed by atoms with Gasteiger partial charge in [-0.2, -0.15) is 0 Å². The first-order chi connectivity index (χ1) is 10.2. The highest BCUT2D eigenvalue weighted by Gasteiger charge is 2.39. The van der Waals surface area contributed by atoms with E-state index in [1.165, 1.54) is 6.42 Å². The summed E-state index contributed by atoms with van der Waals surface area (Å²) in [6, 6.07) is 7.19. The molecule has 0 bridgehead atoms. The van der Waals surface area contributed by atoms with Gasteiger partial charge in [0, 0.05) is 30.3 Å². The van der Waals surface area contributed by atoms with Crippen molar-refractivity contribution in [3.63, 3.8) is 0 Å². The van der Waals surface area contributed by atoms with Crippen molar-refractivity contribution >= 4 is 29.1 Å². The van der Waals surface area contributed by atoms with E-state index in [0.717, 1.165) is 31.6 Å². The number of anilines is 1. The Kier molecular flexibility index (Phi) is 4.15. The quantitative estimate of drug-likeness (QED) is 0.788. The molecule has 2 saturated heterocycles. The van der Waals surface area contributed by atoms with Crippen LogP contribution < -0.4 is 4.90 Å². The van der Waals surface area contributed by atoms with Gasteiger partial charge in [0.1, 0.15) is 5.92 Å². The first-order valence-corrected chi connectivity index (χ1v) is 7.90. The lowest BCUT2D eigenvalue weighted by Gasteiger charge is -2.28. The Hall–Kier alpha value is -1.55. The number of amides is 2. The SMILES string of the molecule is O=C([C@@H]1CCN(c2ccc(Cl)cc2)C1=O)N1CCCCC1.